The summed E-state index contributed by atoms with van der Waals surface area (Å²) in [7, 11) is 0. The van der Waals surface area contributed by atoms with E-state index in [0.29, 0.717) is 44.5 Å². The van der Waals surface area contributed by atoms with E-state index in [2.05, 4.69) is 20.9 Å². The van der Waals surface area contributed by atoms with E-state index in [1.807, 2.05) is 43.3 Å². The van der Waals surface area contributed by atoms with Gasteiger partial charge in [0.25, 0.3) is 5.56 Å². The van der Waals surface area contributed by atoms with Crippen molar-refractivity contribution in [1.29, 1.82) is 0 Å². The van der Waals surface area contributed by atoms with Gasteiger partial charge in [0.1, 0.15) is 5.75 Å². The van der Waals surface area contributed by atoms with Gasteiger partial charge in [0, 0.05) is 4.47 Å². The molecule has 0 bridgehead atoms. The van der Waals surface area contributed by atoms with Gasteiger partial charge in [0.15, 0.2) is 16.3 Å². The number of thiazole rings is 1. The van der Waals surface area contributed by atoms with Crippen molar-refractivity contribution in [3.8, 4) is 17.2 Å². The smallest absolute Gasteiger partial charge is 0.338 e. The lowest BCUT2D eigenvalue weighted by molar-refractivity contribution is -0.139. The van der Waals surface area contributed by atoms with Crippen LogP contribution in [0.2, 0.25) is 0 Å². The molecular formula is C26H23BrN2O6S. The average molecular weight is 571 g/mol. The van der Waals surface area contributed by atoms with Gasteiger partial charge in [-0.05, 0) is 62.2 Å². The van der Waals surface area contributed by atoms with Crippen LogP contribution < -0.4 is 29.1 Å². The third-order valence-electron chi connectivity index (χ3n) is 5.80. The van der Waals surface area contributed by atoms with Crippen molar-refractivity contribution in [1.82, 2.24) is 4.57 Å². The Kier molecular flexibility index (Phi) is 6.72. The molecule has 0 radical (unpaired) electrons. The number of fused-ring (bicyclic) bond motifs is 2. The molecule has 10 heteroatoms. The second-order valence-electron chi connectivity index (χ2n) is 8.03. The molecule has 0 fully saturated rings. The number of hydrogen-bond donors (Lipinski definition) is 0. The number of hydrogen-bond acceptors (Lipinski definition) is 8. The van der Waals surface area contributed by atoms with E-state index in [1.165, 1.54) is 11.3 Å². The van der Waals surface area contributed by atoms with Crippen molar-refractivity contribution in [2.24, 2.45) is 4.99 Å². The van der Waals surface area contributed by atoms with Gasteiger partial charge in [-0.2, -0.15) is 0 Å². The molecule has 2 aliphatic rings. The molecule has 0 aliphatic carbocycles. The van der Waals surface area contributed by atoms with Gasteiger partial charge in [-0.1, -0.05) is 39.4 Å². The molecule has 2 aromatic carbocycles. The van der Waals surface area contributed by atoms with Gasteiger partial charge in [-0.3, -0.25) is 9.36 Å². The lowest BCUT2D eigenvalue weighted by atomic mass is 9.96. The normalized spacial score (nSPS) is 16.6. The maximum Gasteiger partial charge on any atom is 0.338 e. The van der Waals surface area contributed by atoms with Gasteiger partial charge in [0.2, 0.25) is 6.79 Å². The first-order valence-corrected chi connectivity index (χ1v) is 13.0. The van der Waals surface area contributed by atoms with Crippen LogP contribution in [0.15, 0.2) is 61.9 Å². The van der Waals surface area contributed by atoms with Crippen LogP contribution in [-0.2, 0) is 9.53 Å². The zero-order chi connectivity index (χ0) is 25.4. The zero-order valence-electron chi connectivity index (χ0n) is 19.9. The molecule has 0 N–H and O–H groups in total. The Morgan fingerprint density at radius 1 is 1.19 bits per heavy atom. The highest BCUT2D eigenvalue weighted by Crippen LogP contribution is 2.37. The first-order valence-electron chi connectivity index (χ1n) is 11.4. The molecule has 36 heavy (non-hydrogen) atoms. The van der Waals surface area contributed by atoms with E-state index >= 15 is 0 Å². The Labute approximate surface area is 219 Å². The molecule has 2 aliphatic heterocycles. The van der Waals surface area contributed by atoms with Crippen LogP contribution in [0.25, 0.3) is 6.08 Å². The number of rotatable bonds is 6. The SMILES string of the molecule is CCOC(=O)C1=C(C)N=c2s/c(=C/c3cc4c(cc3Br)OCO4)c(=O)n2[C@@H]1c1ccc(OCC)cc1. The van der Waals surface area contributed by atoms with Crippen molar-refractivity contribution in [3.05, 3.63) is 83.0 Å². The molecule has 8 nitrogen and oxygen atoms in total. The Balaban J connectivity index is 1.68. The summed E-state index contributed by atoms with van der Waals surface area (Å²) in [6, 6.07) is 10.3. The van der Waals surface area contributed by atoms with Gasteiger partial charge in [-0.15, -0.1) is 0 Å². The van der Waals surface area contributed by atoms with Crippen LogP contribution >= 0.6 is 27.3 Å². The lowest BCUT2D eigenvalue weighted by Crippen LogP contribution is -2.39. The minimum Gasteiger partial charge on any atom is -0.494 e. The van der Waals surface area contributed by atoms with E-state index in [0.717, 1.165) is 15.6 Å². The topological polar surface area (TPSA) is 88.4 Å². The molecule has 5 rings (SSSR count). The van der Waals surface area contributed by atoms with Crippen LogP contribution in [0.4, 0.5) is 0 Å². The summed E-state index contributed by atoms with van der Waals surface area (Å²) in [5, 5.41) is 0. The van der Waals surface area contributed by atoms with E-state index in [4.69, 9.17) is 18.9 Å². The van der Waals surface area contributed by atoms with Crippen molar-refractivity contribution < 1.29 is 23.7 Å². The van der Waals surface area contributed by atoms with Crippen LogP contribution in [0.5, 0.6) is 17.2 Å². The number of benzene rings is 2. The standard InChI is InChI=1S/C26H23BrN2O6S/c1-4-32-17-8-6-15(7-9-17)23-22(25(31)33-5-2)14(3)28-26-29(23)24(30)21(36-26)11-16-10-19-20(12-18(16)27)35-13-34-19/h6-12,23H,4-5,13H2,1-3H3/b21-11+/t23-/m1/s1. The number of nitrogens with zero attached hydrogens (tertiary/aromatic N) is 2. The van der Waals surface area contributed by atoms with E-state index < -0.39 is 12.0 Å². The molecule has 186 valence electrons. The minimum atomic E-state index is -0.682. The first kappa shape index (κ1) is 24.3. The molecule has 1 atom stereocenters. The van der Waals surface area contributed by atoms with Crippen LogP contribution in [0.3, 0.4) is 0 Å². The number of ether oxygens (including phenoxy) is 4. The predicted octanol–water partition coefficient (Wildman–Crippen LogP) is 3.69. The summed E-state index contributed by atoms with van der Waals surface area (Å²) >= 11 is 4.82. The number of allylic oxidation sites excluding steroid dienone is 1. The van der Waals surface area contributed by atoms with Crippen LogP contribution in [0.1, 0.15) is 37.9 Å². The molecule has 0 unspecified atom stereocenters. The average Bonchev–Trinajstić information content (AvgIpc) is 3.43. The molecule has 0 spiro atoms. The third-order valence-corrected chi connectivity index (χ3v) is 7.47. The summed E-state index contributed by atoms with van der Waals surface area (Å²) in [5.74, 6) is 1.47. The summed E-state index contributed by atoms with van der Waals surface area (Å²) < 4.78 is 24.6. The number of carbonyl (C=O) groups is 1. The van der Waals surface area contributed by atoms with Crippen molar-refractivity contribution in [3.63, 3.8) is 0 Å². The van der Waals surface area contributed by atoms with E-state index in [-0.39, 0.29) is 19.0 Å². The maximum absolute atomic E-state index is 13.8. The Hall–Kier alpha value is -3.37. The summed E-state index contributed by atoms with van der Waals surface area (Å²) in [6.45, 7) is 6.34. The minimum absolute atomic E-state index is 0.158. The second-order valence-corrected chi connectivity index (χ2v) is 9.89. The molecule has 0 amide bonds. The van der Waals surface area contributed by atoms with Gasteiger partial charge >= 0.3 is 5.97 Å². The Morgan fingerprint density at radius 3 is 2.61 bits per heavy atom. The highest BCUT2D eigenvalue weighted by atomic mass is 79.9. The fraction of sp³-hybridized carbons (Fsp3) is 0.269. The Bertz CT molecular complexity index is 1550. The molecule has 3 heterocycles. The zero-order valence-corrected chi connectivity index (χ0v) is 22.3. The molecular weight excluding hydrogens is 548 g/mol. The van der Waals surface area contributed by atoms with Crippen molar-refractivity contribution in [2.45, 2.75) is 26.8 Å². The van der Waals surface area contributed by atoms with Gasteiger partial charge in [-0.25, -0.2) is 9.79 Å². The lowest BCUT2D eigenvalue weighted by Gasteiger charge is -2.24. The molecule has 1 aromatic heterocycles. The maximum atomic E-state index is 13.8. The molecule has 0 saturated carbocycles. The van der Waals surface area contributed by atoms with E-state index in [9.17, 15) is 9.59 Å². The third kappa shape index (κ3) is 4.35. The number of esters is 1. The number of halogens is 1. The quantitative estimate of drug-likeness (QED) is 0.420. The van der Waals surface area contributed by atoms with Gasteiger partial charge in [0.05, 0.1) is 35.1 Å². The Morgan fingerprint density at radius 2 is 1.92 bits per heavy atom. The van der Waals surface area contributed by atoms with Crippen molar-refractivity contribution in [2.75, 3.05) is 20.0 Å². The van der Waals surface area contributed by atoms with Crippen molar-refractivity contribution >= 4 is 39.3 Å². The molecule has 3 aromatic rings. The van der Waals surface area contributed by atoms with Crippen LogP contribution in [-0.4, -0.2) is 30.5 Å². The van der Waals surface area contributed by atoms with E-state index in [1.54, 1.807) is 24.5 Å². The number of carbonyl (C=O) groups excluding carboxylic acids is 1. The number of aromatic nitrogens is 1. The summed E-state index contributed by atoms with van der Waals surface area (Å²) in [4.78, 5) is 31.9. The second kappa shape index (κ2) is 9.94. The summed E-state index contributed by atoms with van der Waals surface area (Å²) in [5.41, 5.74) is 2.13. The van der Waals surface area contributed by atoms with Crippen LogP contribution in [0, 0.1) is 0 Å². The molecule has 0 saturated heterocycles. The van der Waals surface area contributed by atoms with Gasteiger partial charge < -0.3 is 18.9 Å². The monoisotopic (exact) mass is 570 g/mol. The fourth-order valence-corrected chi connectivity index (χ4v) is 5.68. The predicted molar refractivity (Wildman–Crippen MR) is 138 cm³/mol. The largest absolute Gasteiger partial charge is 0.494 e. The fourth-order valence-electron chi connectivity index (χ4n) is 4.20. The first-order chi connectivity index (χ1) is 17.4. The summed E-state index contributed by atoms with van der Waals surface area (Å²) in [6.07, 6.45) is 1.79. The highest BCUT2D eigenvalue weighted by molar-refractivity contribution is 9.10. The highest BCUT2D eigenvalue weighted by Gasteiger charge is 2.33.